The van der Waals surface area contributed by atoms with Gasteiger partial charge < -0.3 is 14.8 Å². The van der Waals surface area contributed by atoms with Gasteiger partial charge in [-0.15, -0.1) is 0 Å². The molecule has 2 rings (SSSR count). The molecule has 0 bridgehead atoms. The van der Waals surface area contributed by atoms with E-state index in [1.165, 1.54) is 14.2 Å². The molecule has 5 heteroatoms. The van der Waals surface area contributed by atoms with Crippen LogP contribution in [0.2, 0.25) is 0 Å². The second-order valence-corrected chi connectivity index (χ2v) is 8.04. The molecule has 0 fully saturated rings. The van der Waals surface area contributed by atoms with Crippen LogP contribution >= 0.6 is 0 Å². The third-order valence-electron chi connectivity index (χ3n) is 4.47. The second kappa shape index (κ2) is 8.83. The van der Waals surface area contributed by atoms with Gasteiger partial charge in [-0.3, -0.25) is 4.79 Å². The molecule has 0 atom stereocenters. The molecule has 0 unspecified atom stereocenters. The van der Waals surface area contributed by atoms with Gasteiger partial charge >= 0.3 is 0 Å². The van der Waals surface area contributed by atoms with E-state index in [9.17, 15) is 10.1 Å². The summed E-state index contributed by atoms with van der Waals surface area (Å²) < 4.78 is 10.5. The summed E-state index contributed by atoms with van der Waals surface area (Å²) in [7, 11) is 3.07. The topological polar surface area (TPSA) is 71.3 Å². The molecule has 2 aromatic carbocycles. The maximum atomic E-state index is 13.1. The first-order valence-electron chi connectivity index (χ1n) is 9.37. The zero-order valence-electron chi connectivity index (χ0n) is 18.1. The molecule has 5 nitrogen and oxygen atoms in total. The van der Waals surface area contributed by atoms with Crippen molar-refractivity contribution in [2.24, 2.45) is 5.41 Å². The number of nitriles is 1. The van der Waals surface area contributed by atoms with Crippen LogP contribution in [-0.2, 0) is 0 Å². The number of hydrogen-bond acceptors (Lipinski definition) is 4. The molecule has 0 saturated carbocycles. The van der Waals surface area contributed by atoms with E-state index in [1.807, 2.05) is 46.8 Å². The van der Waals surface area contributed by atoms with Crippen molar-refractivity contribution < 1.29 is 14.3 Å². The molecule has 0 radical (unpaired) electrons. The number of rotatable bonds is 5. The fraction of sp³-hybridized carbons (Fsp3) is 0.333. The quantitative estimate of drug-likeness (QED) is 0.724. The first-order valence-corrected chi connectivity index (χ1v) is 9.37. The molecular weight excluding hydrogens is 364 g/mol. The third kappa shape index (κ3) is 5.39. The summed E-state index contributed by atoms with van der Waals surface area (Å²) in [6.07, 6.45) is 0. The van der Waals surface area contributed by atoms with Crippen LogP contribution in [0.3, 0.4) is 0 Å². The summed E-state index contributed by atoms with van der Waals surface area (Å²) in [4.78, 5) is 13.1. The van der Waals surface area contributed by atoms with E-state index in [-0.39, 0.29) is 5.91 Å². The van der Waals surface area contributed by atoms with E-state index in [4.69, 9.17) is 9.47 Å². The maximum Gasteiger partial charge on any atom is 0.255 e. The molecule has 152 valence electrons. The standard InChI is InChI=1S/C24H28N2O3/c1-15-8-16(2)10-17(9-15)21(14-25)22(24(3,4)5)26-23(27)18-11-19(28-6)13-20(12-18)29-7/h8-13H,1-7H3,(H,26,27)/b22-21-. The SMILES string of the molecule is COc1cc(OC)cc(C(=O)N/C(=C(/C#N)c2cc(C)cc(C)c2)C(C)(C)C)c1. The molecule has 1 N–H and O–H groups in total. The van der Waals surface area contributed by atoms with Gasteiger partial charge in [-0.2, -0.15) is 5.26 Å². The number of carbonyl (C=O) groups excluding carboxylic acids is 1. The Kier molecular flexibility index (Phi) is 6.71. The van der Waals surface area contributed by atoms with E-state index >= 15 is 0 Å². The lowest BCUT2D eigenvalue weighted by molar-refractivity contribution is 0.0957. The van der Waals surface area contributed by atoms with Crippen LogP contribution in [0.1, 0.15) is 47.8 Å². The summed E-state index contributed by atoms with van der Waals surface area (Å²) in [5.74, 6) is 0.709. The van der Waals surface area contributed by atoms with Gasteiger partial charge in [0.15, 0.2) is 0 Å². The first-order chi connectivity index (χ1) is 13.6. The van der Waals surface area contributed by atoms with E-state index < -0.39 is 5.41 Å². The van der Waals surface area contributed by atoms with Gasteiger partial charge in [-0.1, -0.05) is 50.1 Å². The van der Waals surface area contributed by atoms with Gasteiger partial charge in [0, 0.05) is 22.7 Å². The number of aryl methyl sites for hydroxylation is 2. The van der Waals surface area contributed by atoms with Crippen LogP contribution in [0, 0.1) is 30.6 Å². The van der Waals surface area contributed by atoms with Crippen LogP contribution in [-0.4, -0.2) is 20.1 Å². The molecule has 1 amide bonds. The zero-order valence-corrected chi connectivity index (χ0v) is 18.1. The van der Waals surface area contributed by atoms with Crippen LogP contribution in [0.5, 0.6) is 11.5 Å². The Balaban J connectivity index is 2.58. The van der Waals surface area contributed by atoms with Crippen LogP contribution < -0.4 is 14.8 Å². The highest BCUT2D eigenvalue weighted by Crippen LogP contribution is 2.32. The normalized spacial score (nSPS) is 11.9. The Morgan fingerprint density at radius 1 is 0.897 bits per heavy atom. The zero-order chi connectivity index (χ0) is 21.8. The summed E-state index contributed by atoms with van der Waals surface area (Å²) in [5.41, 5.74) is 3.86. The molecule has 0 aliphatic heterocycles. The number of amides is 1. The van der Waals surface area contributed by atoms with Gasteiger partial charge in [-0.05, 0) is 31.5 Å². The fourth-order valence-electron chi connectivity index (χ4n) is 3.13. The Hall–Kier alpha value is -3.26. The number of carbonyl (C=O) groups is 1. The molecule has 2 aromatic rings. The number of nitrogens with one attached hydrogen (secondary N) is 1. The van der Waals surface area contributed by atoms with Crippen molar-refractivity contribution in [1.82, 2.24) is 5.32 Å². The minimum atomic E-state index is -0.457. The Morgan fingerprint density at radius 2 is 1.41 bits per heavy atom. The van der Waals surface area contributed by atoms with Crippen molar-refractivity contribution in [3.8, 4) is 17.6 Å². The Morgan fingerprint density at radius 3 is 1.83 bits per heavy atom. The van der Waals surface area contributed by atoms with Gasteiger partial charge in [0.25, 0.3) is 5.91 Å². The minimum absolute atomic E-state index is 0.329. The molecule has 0 aliphatic carbocycles. The van der Waals surface area contributed by atoms with Crippen LogP contribution in [0.25, 0.3) is 5.57 Å². The minimum Gasteiger partial charge on any atom is -0.497 e. The molecule has 0 spiro atoms. The second-order valence-electron chi connectivity index (χ2n) is 8.04. The lowest BCUT2D eigenvalue weighted by Gasteiger charge is -2.26. The van der Waals surface area contributed by atoms with E-state index in [1.54, 1.807) is 18.2 Å². The van der Waals surface area contributed by atoms with Crippen molar-refractivity contribution in [2.45, 2.75) is 34.6 Å². The summed E-state index contributed by atoms with van der Waals surface area (Å²) in [6.45, 7) is 9.88. The van der Waals surface area contributed by atoms with E-state index in [2.05, 4.69) is 17.5 Å². The average Bonchev–Trinajstić information content (AvgIpc) is 2.65. The predicted molar refractivity (Wildman–Crippen MR) is 115 cm³/mol. The van der Waals surface area contributed by atoms with Gasteiger partial charge in [0.2, 0.25) is 0 Å². The number of nitrogens with zero attached hydrogens (tertiary/aromatic N) is 1. The highest BCUT2D eigenvalue weighted by atomic mass is 16.5. The molecule has 0 aromatic heterocycles. The molecule has 29 heavy (non-hydrogen) atoms. The average molecular weight is 392 g/mol. The molecule has 0 heterocycles. The summed E-state index contributed by atoms with van der Waals surface area (Å²) in [6, 6.07) is 13.2. The number of allylic oxidation sites excluding steroid dienone is 2. The predicted octanol–water partition coefficient (Wildman–Crippen LogP) is 5.03. The lowest BCUT2D eigenvalue weighted by atomic mass is 9.86. The number of ether oxygens (including phenoxy) is 2. The monoisotopic (exact) mass is 392 g/mol. The van der Waals surface area contributed by atoms with Crippen LogP contribution in [0.15, 0.2) is 42.1 Å². The molecular formula is C24H28N2O3. The van der Waals surface area contributed by atoms with E-state index in [0.717, 1.165) is 16.7 Å². The van der Waals surface area contributed by atoms with Crippen molar-refractivity contribution >= 4 is 11.5 Å². The summed E-state index contributed by atoms with van der Waals surface area (Å²) in [5, 5.41) is 12.9. The van der Waals surface area contributed by atoms with Gasteiger partial charge in [-0.25, -0.2) is 0 Å². The summed E-state index contributed by atoms with van der Waals surface area (Å²) >= 11 is 0. The van der Waals surface area contributed by atoms with Crippen molar-refractivity contribution in [3.05, 3.63) is 64.3 Å². The van der Waals surface area contributed by atoms with E-state index in [0.29, 0.717) is 28.3 Å². The Labute approximate surface area is 173 Å². The number of hydrogen-bond donors (Lipinski definition) is 1. The van der Waals surface area contributed by atoms with Crippen molar-refractivity contribution in [1.29, 1.82) is 5.26 Å². The third-order valence-corrected chi connectivity index (χ3v) is 4.47. The van der Waals surface area contributed by atoms with Crippen molar-refractivity contribution in [3.63, 3.8) is 0 Å². The van der Waals surface area contributed by atoms with Crippen molar-refractivity contribution in [2.75, 3.05) is 14.2 Å². The first kappa shape index (κ1) is 22.0. The highest BCUT2D eigenvalue weighted by Gasteiger charge is 2.25. The smallest absolute Gasteiger partial charge is 0.255 e. The molecule has 0 saturated heterocycles. The lowest BCUT2D eigenvalue weighted by Crippen LogP contribution is -2.31. The van der Waals surface area contributed by atoms with Gasteiger partial charge in [0.1, 0.15) is 17.6 Å². The van der Waals surface area contributed by atoms with Crippen LogP contribution in [0.4, 0.5) is 0 Å². The largest absolute Gasteiger partial charge is 0.497 e. The Bertz CT molecular complexity index is 950. The number of methoxy groups -OCH3 is 2. The molecule has 0 aliphatic rings. The number of benzene rings is 2. The van der Waals surface area contributed by atoms with Gasteiger partial charge in [0.05, 0.1) is 19.8 Å². The highest BCUT2D eigenvalue weighted by molar-refractivity contribution is 5.98. The fourth-order valence-corrected chi connectivity index (χ4v) is 3.13. The maximum absolute atomic E-state index is 13.1.